The van der Waals surface area contributed by atoms with Crippen molar-refractivity contribution in [1.29, 1.82) is 0 Å². The van der Waals surface area contributed by atoms with Crippen molar-refractivity contribution in [3.8, 4) is 11.5 Å². The summed E-state index contributed by atoms with van der Waals surface area (Å²) in [7, 11) is 1.61. The fourth-order valence-electron chi connectivity index (χ4n) is 4.72. The maximum absolute atomic E-state index is 13.0. The number of imidazole rings is 1. The van der Waals surface area contributed by atoms with Crippen LogP contribution in [0.5, 0.6) is 11.5 Å². The van der Waals surface area contributed by atoms with Gasteiger partial charge in [-0.05, 0) is 48.9 Å². The minimum atomic E-state index is -0.741. The van der Waals surface area contributed by atoms with E-state index in [1.165, 1.54) is 0 Å². The molecule has 35 heavy (non-hydrogen) atoms. The molecule has 1 saturated heterocycles. The molecule has 0 saturated carbocycles. The van der Waals surface area contributed by atoms with Gasteiger partial charge in [0.1, 0.15) is 30.0 Å². The van der Waals surface area contributed by atoms with E-state index < -0.39 is 6.10 Å². The fourth-order valence-corrected chi connectivity index (χ4v) is 4.72. The van der Waals surface area contributed by atoms with Crippen molar-refractivity contribution in [3.63, 3.8) is 0 Å². The Balaban J connectivity index is 1.39. The highest BCUT2D eigenvalue weighted by molar-refractivity contribution is 5.97. The van der Waals surface area contributed by atoms with Crippen LogP contribution in [-0.4, -0.2) is 46.9 Å². The first-order valence-electron chi connectivity index (χ1n) is 11.8. The Labute approximate surface area is 204 Å². The smallest absolute Gasteiger partial charge is 0.227 e. The molecule has 7 heteroatoms. The van der Waals surface area contributed by atoms with Gasteiger partial charge in [0.05, 0.1) is 30.4 Å². The molecule has 3 aromatic carbocycles. The lowest BCUT2D eigenvalue weighted by molar-refractivity contribution is -0.117. The second-order valence-electron chi connectivity index (χ2n) is 8.93. The summed E-state index contributed by atoms with van der Waals surface area (Å²) >= 11 is 0. The Kier molecular flexibility index (Phi) is 6.42. The van der Waals surface area contributed by atoms with Crippen molar-refractivity contribution < 1.29 is 19.4 Å². The maximum atomic E-state index is 13.0. The van der Waals surface area contributed by atoms with Crippen LogP contribution in [0.25, 0.3) is 11.0 Å². The first-order valence-corrected chi connectivity index (χ1v) is 11.8. The van der Waals surface area contributed by atoms with Crippen molar-refractivity contribution in [3.05, 3.63) is 84.2 Å². The lowest BCUT2D eigenvalue weighted by atomic mass is 10.1. The Bertz CT molecular complexity index is 1350. The van der Waals surface area contributed by atoms with Crippen molar-refractivity contribution in [2.45, 2.75) is 31.9 Å². The number of aryl methyl sites for hydroxylation is 1. The van der Waals surface area contributed by atoms with Crippen molar-refractivity contribution in [2.75, 3.05) is 25.2 Å². The quantitative estimate of drug-likeness (QED) is 0.414. The van der Waals surface area contributed by atoms with E-state index in [1.807, 2.05) is 84.3 Å². The van der Waals surface area contributed by atoms with Crippen molar-refractivity contribution in [1.82, 2.24) is 9.55 Å². The number of hydrogen-bond donors (Lipinski definition) is 1. The summed E-state index contributed by atoms with van der Waals surface area (Å²) in [5.74, 6) is 2.12. The van der Waals surface area contributed by atoms with Crippen LogP contribution < -0.4 is 14.4 Å². The van der Waals surface area contributed by atoms with Gasteiger partial charge in [0.2, 0.25) is 5.91 Å². The summed E-state index contributed by atoms with van der Waals surface area (Å²) in [5, 5.41) is 10.9. The molecular weight excluding hydrogens is 442 g/mol. The number of methoxy groups -OCH3 is 1. The average molecular weight is 472 g/mol. The van der Waals surface area contributed by atoms with Crippen LogP contribution in [0.3, 0.4) is 0 Å². The molecular formula is C28H29N3O4. The predicted molar refractivity (Wildman–Crippen MR) is 135 cm³/mol. The lowest BCUT2D eigenvalue weighted by Crippen LogP contribution is -2.26. The van der Waals surface area contributed by atoms with Crippen molar-refractivity contribution in [2.24, 2.45) is 0 Å². The molecule has 0 spiro atoms. The van der Waals surface area contributed by atoms with Crippen LogP contribution in [0, 0.1) is 6.92 Å². The second-order valence-corrected chi connectivity index (χ2v) is 8.93. The van der Waals surface area contributed by atoms with Crippen LogP contribution >= 0.6 is 0 Å². The number of fused-ring (bicyclic) bond motifs is 1. The maximum Gasteiger partial charge on any atom is 0.227 e. The third-order valence-electron chi connectivity index (χ3n) is 6.38. The van der Waals surface area contributed by atoms with E-state index in [9.17, 15) is 9.90 Å². The predicted octanol–water partition coefficient (Wildman–Crippen LogP) is 4.31. The number of amides is 1. The number of rotatable bonds is 8. The van der Waals surface area contributed by atoms with Gasteiger partial charge >= 0.3 is 0 Å². The SMILES string of the molecule is COc1ccccc1N1C[C@@H](c2nc3ccccc3n2C[C@@H](O)COc2cccc(C)c2)CC1=O. The first kappa shape index (κ1) is 22.9. The third kappa shape index (κ3) is 4.72. The number of hydrogen-bond acceptors (Lipinski definition) is 5. The molecule has 1 aromatic heterocycles. The molecule has 1 aliphatic rings. The average Bonchev–Trinajstić information content (AvgIpc) is 3.43. The molecule has 0 radical (unpaired) electrons. The van der Waals surface area contributed by atoms with E-state index >= 15 is 0 Å². The van der Waals surface area contributed by atoms with Gasteiger partial charge in [0.15, 0.2) is 0 Å². The monoisotopic (exact) mass is 471 g/mol. The van der Waals surface area contributed by atoms with E-state index in [4.69, 9.17) is 14.5 Å². The molecule has 180 valence electrons. The van der Waals surface area contributed by atoms with E-state index in [0.717, 1.165) is 33.9 Å². The normalized spacial score (nSPS) is 16.6. The topological polar surface area (TPSA) is 76.8 Å². The number of nitrogens with zero attached hydrogens (tertiary/aromatic N) is 3. The zero-order valence-electron chi connectivity index (χ0n) is 19.9. The molecule has 5 rings (SSSR count). The third-order valence-corrected chi connectivity index (χ3v) is 6.38. The highest BCUT2D eigenvalue weighted by Crippen LogP contribution is 2.37. The number of benzene rings is 3. The van der Waals surface area contributed by atoms with Crippen LogP contribution in [-0.2, 0) is 11.3 Å². The van der Waals surface area contributed by atoms with Crippen LogP contribution in [0.2, 0.25) is 0 Å². The standard InChI is InChI=1S/C28H29N3O4/c1-19-8-7-9-22(14-19)35-18-21(32)17-31-24-11-4-3-10-23(24)29-28(31)20-15-27(33)30(16-20)25-12-5-6-13-26(25)34-2/h3-14,20-21,32H,15-18H2,1-2H3/t20-,21+/m0/s1. The fraction of sp³-hybridized carbons (Fsp3) is 0.286. The number of aliphatic hydroxyl groups is 1. The Morgan fingerprint density at radius 2 is 1.89 bits per heavy atom. The van der Waals surface area contributed by atoms with E-state index in [-0.39, 0.29) is 18.4 Å². The minimum Gasteiger partial charge on any atom is -0.495 e. The summed E-state index contributed by atoms with van der Waals surface area (Å²) in [6, 6.07) is 23.2. The zero-order chi connectivity index (χ0) is 24.4. The molecule has 0 aliphatic carbocycles. The highest BCUT2D eigenvalue weighted by Gasteiger charge is 2.36. The molecule has 0 unspecified atom stereocenters. The Hall–Kier alpha value is -3.84. The number of para-hydroxylation sites is 4. The van der Waals surface area contributed by atoms with Gasteiger partial charge in [0.25, 0.3) is 0 Å². The summed E-state index contributed by atoms with van der Waals surface area (Å²) in [6.45, 7) is 2.98. The zero-order valence-corrected chi connectivity index (χ0v) is 19.9. The first-order chi connectivity index (χ1) is 17.0. The number of anilines is 1. The molecule has 1 aliphatic heterocycles. The highest BCUT2D eigenvalue weighted by atomic mass is 16.5. The van der Waals surface area contributed by atoms with Gasteiger partial charge in [-0.15, -0.1) is 0 Å². The molecule has 0 bridgehead atoms. The van der Waals surface area contributed by atoms with E-state index in [1.54, 1.807) is 12.0 Å². The molecule has 7 nitrogen and oxygen atoms in total. The number of carbonyl (C=O) groups excluding carboxylic acids is 1. The Morgan fingerprint density at radius 1 is 1.09 bits per heavy atom. The van der Waals surface area contributed by atoms with E-state index in [0.29, 0.717) is 25.3 Å². The minimum absolute atomic E-state index is 0.0291. The molecule has 4 aromatic rings. The second kappa shape index (κ2) is 9.80. The van der Waals surface area contributed by atoms with E-state index in [2.05, 4.69) is 0 Å². The van der Waals surface area contributed by atoms with Gasteiger partial charge in [-0.3, -0.25) is 4.79 Å². The molecule has 2 atom stereocenters. The van der Waals surface area contributed by atoms with Gasteiger partial charge in [-0.25, -0.2) is 4.98 Å². The molecule has 1 amide bonds. The van der Waals surface area contributed by atoms with Crippen LogP contribution in [0.1, 0.15) is 23.7 Å². The van der Waals surface area contributed by atoms with Crippen LogP contribution in [0.15, 0.2) is 72.8 Å². The van der Waals surface area contributed by atoms with Gasteiger partial charge < -0.3 is 24.0 Å². The summed E-state index contributed by atoms with van der Waals surface area (Å²) in [6.07, 6.45) is -0.397. The number of carbonyl (C=O) groups is 1. The molecule has 2 heterocycles. The summed E-state index contributed by atoms with van der Waals surface area (Å²) in [4.78, 5) is 19.7. The Morgan fingerprint density at radius 3 is 2.71 bits per heavy atom. The summed E-state index contributed by atoms with van der Waals surface area (Å²) < 4.78 is 13.3. The summed E-state index contributed by atoms with van der Waals surface area (Å²) in [5.41, 5.74) is 3.64. The van der Waals surface area contributed by atoms with Crippen LogP contribution in [0.4, 0.5) is 5.69 Å². The largest absolute Gasteiger partial charge is 0.495 e. The number of ether oxygens (including phenoxy) is 2. The van der Waals surface area contributed by atoms with Gasteiger partial charge in [-0.2, -0.15) is 0 Å². The van der Waals surface area contributed by atoms with Gasteiger partial charge in [-0.1, -0.05) is 36.4 Å². The number of aromatic nitrogens is 2. The lowest BCUT2D eigenvalue weighted by Gasteiger charge is -2.20. The molecule has 1 N–H and O–H groups in total. The van der Waals surface area contributed by atoms with Gasteiger partial charge in [0, 0.05) is 18.9 Å². The number of aliphatic hydroxyl groups excluding tert-OH is 1. The van der Waals surface area contributed by atoms with Crippen molar-refractivity contribution >= 4 is 22.6 Å². The molecule has 1 fully saturated rings.